The summed E-state index contributed by atoms with van der Waals surface area (Å²) >= 11 is 0. The molecule has 0 amide bonds. The van der Waals surface area contributed by atoms with Crippen LogP contribution in [0.4, 0.5) is 0 Å². The first-order chi connectivity index (χ1) is 6.23. The lowest BCUT2D eigenvalue weighted by Gasteiger charge is -2.26. The van der Waals surface area contributed by atoms with Crippen LogP contribution in [-0.2, 0) is 0 Å². The molecule has 1 atom stereocenters. The molecule has 1 unspecified atom stereocenters. The molecule has 2 aliphatic rings. The summed E-state index contributed by atoms with van der Waals surface area (Å²) in [6, 6.07) is 0.897. The number of likely N-dealkylation sites (tertiary alicyclic amines) is 1. The molecule has 2 rings (SSSR count). The molecule has 0 aromatic heterocycles. The van der Waals surface area contributed by atoms with E-state index in [-0.39, 0.29) is 0 Å². The third-order valence-corrected chi connectivity index (χ3v) is 3.92. The van der Waals surface area contributed by atoms with Crippen molar-refractivity contribution < 1.29 is 0 Å². The summed E-state index contributed by atoms with van der Waals surface area (Å²) in [6.07, 6.45) is 7.06. The van der Waals surface area contributed by atoms with E-state index < -0.39 is 0 Å². The Morgan fingerprint density at radius 2 is 2.08 bits per heavy atom. The van der Waals surface area contributed by atoms with E-state index in [4.69, 9.17) is 5.73 Å². The Labute approximate surface area is 81.5 Å². The van der Waals surface area contributed by atoms with Gasteiger partial charge in [0.2, 0.25) is 0 Å². The van der Waals surface area contributed by atoms with Crippen molar-refractivity contribution >= 4 is 0 Å². The Bertz CT molecular complexity index is 175. The molecule has 1 heterocycles. The molecule has 2 N–H and O–H groups in total. The quantitative estimate of drug-likeness (QED) is 0.703. The van der Waals surface area contributed by atoms with Gasteiger partial charge in [0.05, 0.1) is 0 Å². The summed E-state index contributed by atoms with van der Waals surface area (Å²) in [6.45, 7) is 5.73. The van der Waals surface area contributed by atoms with Gasteiger partial charge in [-0.25, -0.2) is 0 Å². The summed E-state index contributed by atoms with van der Waals surface area (Å²) < 4.78 is 0. The van der Waals surface area contributed by atoms with E-state index >= 15 is 0 Å². The van der Waals surface area contributed by atoms with E-state index in [1.165, 1.54) is 45.2 Å². The van der Waals surface area contributed by atoms with Gasteiger partial charge in [0.15, 0.2) is 0 Å². The fraction of sp³-hybridized carbons (Fsp3) is 1.00. The zero-order chi connectivity index (χ0) is 9.31. The zero-order valence-corrected chi connectivity index (χ0v) is 8.76. The van der Waals surface area contributed by atoms with Crippen molar-refractivity contribution in [2.45, 2.75) is 45.1 Å². The molecule has 1 saturated carbocycles. The number of nitrogens with zero attached hydrogens (tertiary/aromatic N) is 1. The van der Waals surface area contributed by atoms with Crippen LogP contribution in [0.1, 0.15) is 39.0 Å². The molecule has 1 aliphatic heterocycles. The predicted molar refractivity (Wildman–Crippen MR) is 55.6 cm³/mol. The van der Waals surface area contributed by atoms with E-state index in [1.54, 1.807) is 0 Å². The topological polar surface area (TPSA) is 29.3 Å². The summed E-state index contributed by atoms with van der Waals surface area (Å²) in [5, 5.41) is 0. The van der Waals surface area contributed by atoms with E-state index in [9.17, 15) is 0 Å². The zero-order valence-electron chi connectivity index (χ0n) is 8.76. The highest BCUT2D eigenvalue weighted by atomic mass is 15.2. The first-order valence-electron chi connectivity index (χ1n) is 5.68. The summed E-state index contributed by atoms with van der Waals surface area (Å²) in [7, 11) is 0. The maximum atomic E-state index is 5.80. The second-order valence-corrected chi connectivity index (χ2v) is 5.17. The van der Waals surface area contributed by atoms with Crippen molar-refractivity contribution in [2.24, 2.45) is 11.1 Å². The third kappa shape index (κ3) is 1.89. The van der Waals surface area contributed by atoms with Crippen LogP contribution in [0.2, 0.25) is 0 Å². The summed E-state index contributed by atoms with van der Waals surface area (Å²) in [5.41, 5.74) is 6.22. The molecule has 0 aromatic carbocycles. The first-order valence-corrected chi connectivity index (χ1v) is 5.68. The van der Waals surface area contributed by atoms with Gasteiger partial charge >= 0.3 is 0 Å². The Hall–Kier alpha value is -0.0800. The average Bonchev–Trinajstić information content (AvgIpc) is 2.73. The Kier molecular flexibility index (Phi) is 2.61. The van der Waals surface area contributed by atoms with Gasteiger partial charge in [0.1, 0.15) is 0 Å². The number of rotatable bonds is 2. The minimum absolute atomic E-state index is 0.419. The molecule has 2 nitrogen and oxygen atoms in total. The normalized spacial score (nSPS) is 37.4. The predicted octanol–water partition coefficient (Wildman–Crippen LogP) is 1.60. The minimum Gasteiger partial charge on any atom is -0.330 e. The smallest absolute Gasteiger partial charge is 0.00955 e. The van der Waals surface area contributed by atoms with Crippen LogP contribution < -0.4 is 5.73 Å². The first kappa shape index (κ1) is 9.47. The minimum atomic E-state index is 0.419. The van der Waals surface area contributed by atoms with Gasteiger partial charge in [-0.2, -0.15) is 0 Å². The standard InChI is InChI=1S/C11H22N2/c1-11(8-12)6-7-13(9-11)10-4-2-3-5-10/h10H,2-9,12H2,1H3. The molecular weight excluding hydrogens is 160 g/mol. The van der Waals surface area contributed by atoms with E-state index in [1.807, 2.05) is 0 Å². The fourth-order valence-electron chi connectivity index (χ4n) is 2.81. The SMILES string of the molecule is CC1(CN)CCN(C2CCCC2)C1. The summed E-state index contributed by atoms with van der Waals surface area (Å²) in [4.78, 5) is 2.68. The molecule has 2 heteroatoms. The molecule has 2 fully saturated rings. The van der Waals surface area contributed by atoms with Gasteiger partial charge in [-0.3, -0.25) is 4.90 Å². The van der Waals surface area contributed by atoms with Crippen molar-refractivity contribution in [3.63, 3.8) is 0 Å². The lowest BCUT2D eigenvalue weighted by molar-refractivity contribution is 0.215. The van der Waals surface area contributed by atoms with Crippen molar-refractivity contribution in [1.29, 1.82) is 0 Å². The molecule has 0 spiro atoms. The molecule has 0 bridgehead atoms. The molecule has 0 radical (unpaired) electrons. The fourth-order valence-corrected chi connectivity index (χ4v) is 2.81. The van der Waals surface area contributed by atoms with Crippen LogP contribution >= 0.6 is 0 Å². The molecule has 76 valence electrons. The van der Waals surface area contributed by atoms with Crippen LogP contribution in [0.25, 0.3) is 0 Å². The Morgan fingerprint density at radius 1 is 1.38 bits per heavy atom. The van der Waals surface area contributed by atoms with E-state index in [0.717, 1.165) is 12.6 Å². The highest BCUT2D eigenvalue weighted by Crippen LogP contribution is 2.34. The lowest BCUT2D eigenvalue weighted by Crippen LogP contribution is -2.35. The van der Waals surface area contributed by atoms with Gasteiger partial charge < -0.3 is 5.73 Å². The third-order valence-electron chi connectivity index (χ3n) is 3.92. The maximum Gasteiger partial charge on any atom is 0.00955 e. The second-order valence-electron chi connectivity index (χ2n) is 5.17. The van der Waals surface area contributed by atoms with E-state index in [2.05, 4.69) is 11.8 Å². The van der Waals surface area contributed by atoms with Gasteiger partial charge in [0.25, 0.3) is 0 Å². The van der Waals surface area contributed by atoms with Crippen LogP contribution in [0, 0.1) is 5.41 Å². The summed E-state index contributed by atoms with van der Waals surface area (Å²) in [5.74, 6) is 0. The number of hydrogen-bond donors (Lipinski definition) is 1. The van der Waals surface area contributed by atoms with Crippen LogP contribution in [0.3, 0.4) is 0 Å². The van der Waals surface area contributed by atoms with Crippen LogP contribution in [-0.4, -0.2) is 30.6 Å². The van der Waals surface area contributed by atoms with Crippen LogP contribution in [0.15, 0.2) is 0 Å². The Morgan fingerprint density at radius 3 is 2.62 bits per heavy atom. The Balaban J connectivity index is 1.90. The van der Waals surface area contributed by atoms with E-state index in [0.29, 0.717) is 5.41 Å². The van der Waals surface area contributed by atoms with Crippen molar-refractivity contribution in [2.75, 3.05) is 19.6 Å². The van der Waals surface area contributed by atoms with Crippen LogP contribution in [0.5, 0.6) is 0 Å². The molecule has 1 aliphatic carbocycles. The monoisotopic (exact) mass is 182 g/mol. The number of hydrogen-bond acceptors (Lipinski definition) is 2. The van der Waals surface area contributed by atoms with Gasteiger partial charge in [-0.1, -0.05) is 19.8 Å². The van der Waals surface area contributed by atoms with Gasteiger partial charge in [0, 0.05) is 12.6 Å². The second kappa shape index (κ2) is 3.58. The highest BCUT2D eigenvalue weighted by molar-refractivity contribution is 4.91. The maximum absolute atomic E-state index is 5.80. The molecule has 0 aromatic rings. The highest BCUT2D eigenvalue weighted by Gasteiger charge is 2.36. The number of nitrogens with two attached hydrogens (primary N) is 1. The lowest BCUT2D eigenvalue weighted by atomic mass is 9.90. The largest absolute Gasteiger partial charge is 0.330 e. The van der Waals surface area contributed by atoms with Crippen molar-refractivity contribution in [3.05, 3.63) is 0 Å². The van der Waals surface area contributed by atoms with Crippen molar-refractivity contribution in [3.8, 4) is 0 Å². The average molecular weight is 182 g/mol. The molecular formula is C11H22N2. The molecule has 1 saturated heterocycles. The van der Waals surface area contributed by atoms with Gasteiger partial charge in [-0.05, 0) is 37.8 Å². The molecule has 13 heavy (non-hydrogen) atoms. The van der Waals surface area contributed by atoms with Crippen molar-refractivity contribution in [1.82, 2.24) is 4.90 Å². The van der Waals surface area contributed by atoms with Gasteiger partial charge in [-0.15, -0.1) is 0 Å².